The standard InChI is InChI=1S/C18H12N4S2/c1-11-8-9-19-22-17(11)20-21-18(22)12-6-7-15-16(10-12)24-14-5-3-2-4-13(14)23-15/h2-10H,1H3. The molecule has 1 aliphatic rings. The summed E-state index contributed by atoms with van der Waals surface area (Å²) in [7, 11) is 0. The Morgan fingerprint density at radius 3 is 2.42 bits per heavy atom. The third kappa shape index (κ3) is 2.14. The number of rotatable bonds is 1. The maximum Gasteiger partial charge on any atom is 0.185 e. The van der Waals surface area contributed by atoms with E-state index in [1.807, 2.05) is 29.3 Å². The average molecular weight is 348 g/mol. The summed E-state index contributed by atoms with van der Waals surface area (Å²) in [5, 5.41) is 13.0. The van der Waals surface area contributed by atoms with Crippen molar-refractivity contribution >= 4 is 29.2 Å². The van der Waals surface area contributed by atoms with Crippen LogP contribution in [0.3, 0.4) is 0 Å². The van der Waals surface area contributed by atoms with E-state index in [2.05, 4.69) is 57.8 Å². The number of hydrogen-bond donors (Lipinski definition) is 0. The first-order chi connectivity index (χ1) is 11.8. The fraction of sp³-hybridized carbons (Fsp3) is 0.0556. The molecule has 116 valence electrons. The van der Waals surface area contributed by atoms with Gasteiger partial charge in [-0.25, -0.2) is 0 Å². The molecule has 0 radical (unpaired) electrons. The molecule has 5 rings (SSSR count). The zero-order valence-corrected chi connectivity index (χ0v) is 14.4. The second-order valence-corrected chi connectivity index (χ2v) is 7.75. The van der Waals surface area contributed by atoms with E-state index in [4.69, 9.17) is 0 Å². The lowest BCUT2D eigenvalue weighted by Gasteiger charge is -2.18. The molecule has 0 amide bonds. The van der Waals surface area contributed by atoms with Crippen LogP contribution >= 0.6 is 23.5 Å². The minimum absolute atomic E-state index is 0.779. The quantitative estimate of drug-likeness (QED) is 0.439. The van der Waals surface area contributed by atoms with Crippen LogP contribution in [-0.2, 0) is 0 Å². The van der Waals surface area contributed by atoms with E-state index in [1.165, 1.54) is 19.6 Å². The molecule has 0 saturated heterocycles. The molecule has 0 saturated carbocycles. The van der Waals surface area contributed by atoms with Crippen LogP contribution in [-0.4, -0.2) is 19.8 Å². The lowest BCUT2D eigenvalue weighted by atomic mass is 10.2. The Balaban J connectivity index is 1.63. The van der Waals surface area contributed by atoms with Gasteiger partial charge in [-0.3, -0.25) is 0 Å². The predicted octanol–water partition coefficient (Wildman–Crippen LogP) is 4.72. The van der Waals surface area contributed by atoms with Crippen molar-refractivity contribution in [3.05, 3.63) is 60.3 Å². The van der Waals surface area contributed by atoms with Crippen molar-refractivity contribution in [3.63, 3.8) is 0 Å². The second kappa shape index (κ2) is 5.36. The van der Waals surface area contributed by atoms with Gasteiger partial charge >= 0.3 is 0 Å². The summed E-state index contributed by atoms with van der Waals surface area (Å²) < 4.78 is 1.81. The molecule has 0 N–H and O–H groups in total. The Kier molecular flexibility index (Phi) is 3.14. The summed E-state index contributed by atoms with van der Waals surface area (Å²) in [6.07, 6.45) is 1.79. The predicted molar refractivity (Wildman–Crippen MR) is 95.6 cm³/mol. The lowest BCUT2D eigenvalue weighted by Crippen LogP contribution is -1.96. The van der Waals surface area contributed by atoms with E-state index in [1.54, 1.807) is 18.0 Å². The van der Waals surface area contributed by atoms with Gasteiger partial charge < -0.3 is 0 Å². The molecule has 4 nitrogen and oxygen atoms in total. The summed E-state index contributed by atoms with van der Waals surface area (Å²) in [6.45, 7) is 2.02. The minimum Gasteiger partial charge on any atom is -0.193 e. The topological polar surface area (TPSA) is 43.1 Å². The highest BCUT2D eigenvalue weighted by atomic mass is 32.2. The molecule has 6 heteroatoms. The van der Waals surface area contributed by atoms with Crippen LogP contribution in [0.15, 0.2) is 74.3 Å². The molecule has 0 fully saturated rings. The first kappa shape index (κ1) is 14.1. The summed E-state index contributed by atoms with van der Waals surface area (Å²) in [5.74, 6) is 0.779. The molecule has 0 bridgehead atoms. The van der Waals surface area contributed by atoms with Gasteiger partial charge in [0.15, 0.2) is 11.5 Å². The highest BCUT2D eigenvalue weighted by molar-refractivity contribution is 8.05. The van der Waals surface area contributed by atoms with Crippen LogP contribution in [0.5, 0.6) is 0 Å². The Hall–Kier alpha value is -2.31. The molecule has 2 aromatic heterocycles. The van der Waals surface area contributed by atoms with Gasteiger partial charge in [-0.05, 0) is 48.9 Å². The van der Waals surface area contributed by atoms with Crippen molar-refractivity contribution < 1.29 is 0 Å². The molecule has 0 atom stereocenters. The number of benzene rings is 2. The average Bonchev–Trinajstić information content (AvgIpc) is 3.05. The van der Waals surface area contributed by atoms with Crippen LogP contribution in [0.4, 0.5) is 0 Å². The Morgan fingerprint density at radius 2 is 1.58 bits per heavy atom. The normalized spacial score (nSPS) is 12.9. The van der Waals surface area contributed by atoms with Gasteiger partial charge in [-0.2, -0.15) is 9.61 Å². The SMILES string of the molecule is Cc1ccnn2c(-c3ccc4c(c3)Sc3ccccc3S4)nnc12. The molecule has 0 unspecified atom stereocenters. The third-order valence-corrected chi connectivity index (χ3v) is 6.53. The Bertz CT molecular complexity index is 1090. The fourth-order valence-electron chi connectivity index (χ4n) is 2.77. The summed E-state index contributed by atoms with van der Waals surface area (Å²) in [6, 6.07) is 16.9. The monoisotopic (exact) mass is 348 g/mol. The maximum atomic E-state index is 4.41. The Morgan fingerprint density at radius 1 is 0.833 bits per heavy atom. The molecule has 1 aliphatic heterocycles. The largest absolute Gasteiger partial charge is 0.193 e. The third-order valence-electron chi connectivity index (χ3n) is 3.99. The van der Waals surface area contributed by atoms with E-state index in [0.717, 1.165) is 22.6 Å². The second-order valence-electron chi connectivity index (χ2n) is 5.59. The van der Waals surface area contributed by atoms with Crippen LogP contribution in [0, 0.1) is 6.92 Å². The molecule has 2 aromatic carbocycles. The van der Waals surface area contributed by atoms with E-state index in [0.29, 0.717) is 0 Å². The molecule has 4 aromatic rings. The highest BCUT2D eigenvalue weighted by Crippen LogP contribution is 2.49. The molecular formula is C18H12N4S2. The van der Waals surface area contributed by atoms with Crippen molar-refractivity contribution in [3.8, 4) is 11.4 Å². The summed E-state index contributed by atoms with van der Waals surface area (Å²) >= 11 is 3.62. The van der Waals surface area contributed by atoms with Crippen molar-refractivity contribution in [1.82, 2.24) is 19.8 Å². The summed E-state index contributed by atoms with van der Waals surface area (Å²) in [4.78, 5) is 5.14. The van der Waals surface area contributed by atoms with E-state index < -0.39 is 0 Å². The summed E-state index contributed by atoms with van der Waals surface area (Å²) in [5.41, 5.74) is 2.91. The number of hydrogen-bond acceptors (Lipinski definition) is 5. The maximum absolute atomic E-state index is 4.41. The fourth-order valence-corrected chi connectivity index (χ4v) is 5.02. The van der Waals surface area contributed by atoms with Crippen molar-refractivity contribution in [1.29, 1.82) is 0 Å². The van der Waals surface area contributed by atoms with E-state index >= 15 is 0 Å². The van der Waals surface area contributed by atoms with Crippen molar-refractivity contribution in [2.24, 2.45) is 0 Å². The van der Waals surface area contributed by atoms with Crippen LogP contribution in [0.25, 0.3) is 17.0 Å². The van der Waals surface area contributed by atoms with Crippen molar-refractivity contribution in [2.45, 2.75) is 26.5 Å². The molecule has 24 heavy (non-hydrogen) atoms. The van der Waals surface area contributed by atoms with Gasteiger partial charge in [0.25, 0.3) is 0 Å². The van der Waals surface area contributed by atoms with Crippen LogP contribution < -0.4 is 0 Å². The van der Waals surface area contributed by atoms with Gasteiger partial charge in [-0.15, -0.1) is 10.2 Å². The lowest BCUT2D eigenvalue weighted by molar-refractivity contribution is 0.927. The number of nitrogens with zero attached hydrogens (tertiary/aromatic N) is 4. The highest BCUT2D eigenvalue weighted by Gasteiger charge is 2.19. The smallest absolute Gasteiger partial charge is 0.185 e. The molecular weight excluding hydrogens is 336 g/mol. The number of fused-ring (bicyclic) bond motifs is 3. The van der Waals surface area contributed by atoms with Gasteiger partial charge in [0.05, 0.1) is 0 Å². The zero-order valence-electron chi connectivity index (χ0n) is 12.8. The molecule has 3 heterocycles. The van der Waals surface area contributed by atoms with Crippen LogP contribution in [0.2, 0.25) is 0 Å². The first-order valence-corrected chi connectivity index (χ1v) is 9.19. The zero-order chi connectivity index (χ0) is 16.1. The van der Waals surface area contributed by atoms with Gasteiger partial charge in [0.1, 0.15) is 0 Å². The molecule has 0 aliphatic carbocycles. The molecule has 0 spiro atoms. The van der Waals surface area contributed by atoms with Crippen LogP contribution in [0.1, 0.15) is 5.56 Å². The van der Waals surface area contributed by atoms with E-state index in [-0.39, 0.29) is 0 Å². The number of aromatic nitrogens is 4. The van der Waals surface area contributed by atoms with Gasteiger partial charge in [0.2, 0.25) is 0 Å². The number of aryl methyl sites for hydroxylation is 1. The van der Waals surface area contributed by atoms with E-state index in [9.17, 15) is 0 Å². The van der Waals surface area contributed by atoms with Crippen molar-refractivity contribution in [2.75, 3.05) is 0 Å². The van der Waals surface area contributed by atoms with Gasteiger partial charge in [0, 0.05) is 31.3 Å². The minimum atomic E-state index is 0.779. The Labute approximate surface area is 147 Å². The van der Waals surface area contributed by atoms with Gasteiger partial charge in [-0.1, -0.05) is 35.7 Å². The first-order valence-electron chi connectivity index (χ1n) is 7.56.